The van der Waals surface area contributed by atoms with E-state index in [1.165, 1.54) is 25.7 Å². The van der Waals surface area contributed by atoms with Gasteiger partial charge in [-0.25, -0.2) is 19.2 Å². The highest BCUT2D eigenvalue weighted by Crippen LogP contribution is 2.33. The van der Waals surface area contributed by atoms with E-state index in [1.807, 2.05) is 20.8 Å². The van der Waals surface area contributed by atoms with Crippen molar-refractivity contribution in [1.82, 2.24) is 21.5 Å². The molecule has 5 unspecified atom stereocenters. The topological polar surface area (TPSA) is 77.5 Å². The number of alkyl halides is 2. The van der Waals surface area contributed by atoms with Crippen LogP contribution in [0.1, 0.15) is 79.1 Å². The number of amides is 1. The summed E-state index contributed by atoms with van der Waals surface area (Å²) in [7, 11) is 0. The molecule has 2 aliphatic carbocycles. The molecule has 3 aliphatic rings. The third kappa shape index (κ3) is 6.61. The molecule has 0 aromatic carbocycles. The molecule has 1 heterocycles. The maximum atomic E-state index is 13.7. The van der Waals surface area contributed by atoms with E-state index >= 15 is 0 Å². The lowest BCUT2D eigenvalue weighted by atomic mass is 9.79. The van der Waals surface area contributed by atoms with Gasteiger partial charge in [-0.1, -0.05) is 19.8 Å². The first-order chi connectivity index (χ1) is 14.1. The molecule has 0 bridgehead atoms. The first kappa shape index (κ1) is 23.4. The molecule has 0 radical (unpaired) electrons. The van der Waals surface area contributed by atoms with Crippen LogP contribution in [0.2, 0.25) is 0 Å². The van der Waals surface area contributed by atoms with Gasteiger partial charge in [-0.15, -0.1) is 0 Å². The highest BCUT2D eigenvalue weighted by atomic mass is 19.2. The Bertz CT molecular complexity index is 615. The monoisotopic (exact) mass is 427 g/mol. The van der Waals surface area contributed by atoms with Gasteiger partial charge in [0.25, 0.3) is 0 Å². The quantitative estimate of drug-likeness (QED) is 0.412. The predicted molar refractivity (Wildman–Crippen MR) is 115 cm³/mol. The number of hydrazine groups is 1. The minimum Gasteiger partial charge on any atom is -0.351 e. The molecule has 4 N–H and O–H groups in total. The average molecular weight is 428 g/mol. The van der Waals surface area contributed by atoms with Crippen LogP contribution < -0.4 is 21.5 Å². The van der Waals surface area contributed by atoms with Crippen molar-refractivity contribution in [3.63, 3.8) is 0 Å². The summed E-state index contributed by atoms with van der Waals surface area (Å²) in [4.78, 5) is 17.4. The zero-order valence-electron chi connectivity index (χ0n) is 18.8. The van der Waals surface area contributed by atoms with Crippen molar-refractivity contribution in [3.05, 3.63) is 0 Å². The number of guanidine groups is 1. The third-order valence-corrected chi connectivity index (χ3v) is 6.63. The van der Waals surface area contributed by atoms with Gasteiger partial charge < -0.3 is 5.32 Å². The van der Waals surface area contributed by atoms with Crippen molar-refractivity contribution in [1.29, 1.82) is 0 Å². The number of carbonyl (C=O) groups excluding carboxylic acids is 1. The lowest BCUT2D eigenvalue weighted by Gasteiger charge is -2.30. The zero-order chi connectivity index (χ0) is 21.9. The molecule has 0 spiro atoms. The Labute approximate surface area is 179 Å². The summed E-state index contributed by atoms with van der Waals surface area (Å²) in [5, 5.41) is 6.10. The summed E-state index contributed by atoms with van der Waals surface area (Å²) in [6.07, 6.45) is 3.12. The zero-order valence-corrected chi connectivity index (χ0v) is 18.8. The van der Waals surface area contributed by atoms with Gasteiger partial charge in [0.2, 0.25) is 5.91 Å². The van der Waals surface area contributed by atoms with E-state index in [-0.39, 0.29) is 30.5 Å². The second-order valence-corrected chi connectivity index (χ2v) is 10.6. The second-order valence-electron chi connectivity index (χ2n) is 10.6. The smallest absolute Gasteiger partial charge is 0.229 e. The molecule has 3 fully saturated rings. The van der Waals surface area contributed by atoms with Crippen LogP contribution in [0, 0.1) is 17.8 Å². The first-order valence-electron chi connectivity index (χ1n) is 11.6. The maximum absolute atomic E-state index is 13.7. The van der Waals surface area contributed by atoms with E-state index in [9.17, 15) is 13.6 Å². The van der Waals surface area contributed by atoms with E-state index in [0.29, 0.717) is 24.3 Å². The van der Waals surface area contributed by atoms with Gasteiger partial charge in [0.15, 0.2) is 5.96 Å². The summed E-state index contributed by atoms with van der Waals surface area (Å²) in [6.45, 7) is 8.30. The van der Waals surface area contributed by atoms with E-state index in [2.05, 4.69) is 28.4 Å². The second kappa shape index (κ2) is 9.90. The lowest BCUT2D eigenvalue weighted by Crippen LogP contribution is -2.52. The Balaban J connectivity index is 1.60. The van der Waals surface area contributed by atoms with E-state index in [0.717, 1.165) is 12.3 Å². The number of halogens is 2. The Morgan fingerprint density at radius 1 is 0.967 bits per heavy atom. The van der Waals surface area contributed by atoms with Crippen LogP contribution in [0.3, 0.4) is 0 Å². The number of rotatable bonds is 3. The van der Waals surface area contributed by atoms with Crippen molar-refractivity contribution in [2.24, 2.45) is 22.7 Å². The summed E-state index contributed by atoms with van der Waals surface area (Å²) in [5.41, 5.74) is 6.36. The molecular weight excluding hydrogens is 388 g/mol. The van der Waals surface area contributed by atoms with Gasteiger partial charge in [-0.05, 0) is 64.7 Å². The van der Waals surface area contributed by atoms with Gasteiger partial charge in [0, 0.05) is 23.9 Å². The number of nitrogens with one attached hydrogen (secondary N) is 4. The highest BCUT2D eigenvalue weighted by Gasteiger charge is 2.35. The molecule has 3 rings (SSSR count). The standard InChI is InChI=1S/C22H39F2N5O/c1-13-5-7-14(8-6-13)18-12-19(29-28-18)25-21(27-22(2,3)4)26-20(30)15-9-10-16(23)17(24)11-15/h13-19,28-29H,5-12H2,1-4H3,(H2,25,26,27,30). The van der Waals surface area contributed by atoms with Gasteiger partial charge in [0.1, 0.15) is 18.5 Å². The fraction of sp³-hybridized carbons (Fsp3) is 0.909. The number of carbonyl (C=O) groups is 1. The van der Waals surface area contributed by atoms with Crippen molar-refractivity contribution < 1.29 is 13.6 Å². The summed E-state index contributed by atoms with van der Waals surface area (Å²) in [5.74, 6) is 1.05. The van der Waals surface area contributed by atoms with Crippen LogP contribution in [0.15, 0.2) is 4.99 Å². The SMILES string of the molecule is CC1CCC(C2CC(/N=C(/NC(=O)C3CCC(F)C(F)C3)NC(C)(C)C)NN2)CC1. The van der Waals surface area contributed by atoms with Crippen LogP contribution in [-0.2, 0) is 4.79 Å². The molecule has 0 aromatic rings. The number of aliphatic imine (C=N–C) groups is 1. The fourth-order valence-electron chi connectivity index (χ4n) is 4.79. The van der Waals surface area contributed by atoms with Crippen molar-refractivity contribution >= 4 is 11.9 Å². The largest absolute Gasteiger partial charge is 0.351 e. The van der Waals surface area contributed by atoms with Crippen LogP contribution in [0.4, 0.5) is 8.78 Å². The minimum atomic E-state index is -1.56. The number of nitrogens with zero attached hydrogens (tertiary/aromatic N) is 1. The van der Waals surface area contributed by atoms with Crippen LogP contribution >= 0.6 is 0 Å². The van der Waals surface area contributed by atoms with Gasteiger partial charge >= 0.3 is 0 Å². The van der Waals surface area contributed by atoms with Crippen LogP contribution in [-0.4, -0.2) is 42.0 Å². The molecule has 6 nitrogen and oxygen atoms in total. The maximum Gasteiger partial charge on any atom is 0.229 e. The average Bonchev–Trinajstić information content (AvgIpc) is 3.11. The molecule has 5 atom stereocenters. The molecular formula is C22H39F2N5O. The Kier molecular flexibility index (Phi) is 7.71. The Morgan fingerprint density at radius 3 is 2.30 bits per heavy atom. The normalized spacial score (nSPS) is 38.3. The van der Waals surface area contributed by atoms with Gasteiger partial charge in [-0.3, -0.25) is 15.5 Å². The van der Waals surface area contributed by atoms with Crippen LogP contribution in [0.25, 0.3) is 0 Å². The molecule has 0 aromatic heterocycles. The number of hydrogen-bond donors (Lipinski definition) is 4. The predicted octanol–water partition coefficient (Wildman–Crippen LogP) is 3.34. The molecule has 172 valence electrons. The van der Waals surface area contributed by atoms with E-state index < -0.39 is 18.3 Å². The molecule has 1 amide bonds. The highest BCUT2D eigenvalue weighted by molar-refractivity contribution is 5.98. The van der Waals surface area contributed by atoms with Crippen LogP contribution in [0.5, 0.6) is 0 Å². The summed E-state index contributed by atoms with van der Waals surface area (Å²) < 4.78 is 27.2. The molecule has 1 aliphatic heterocycles. The Hall–Kier alpha value is -1.28. The fourth-order valence-corrected chi connectivity index (χ4v) is 4.79. The Morgan fingerprint density at radius 2 is 1.67 bits per heavy atom. The summed E-state index contributed by atoms with van der Waals surface area (Å²) in [6, 6.07) is 0.380. The minimum absolute atomic E-state index is 0.0682. The first-order valence-corrected chi connectivity index (χ1v) is 11.6. The molecule has 2 saturated carbocycles. The summed E-state index contributed by atoms with van der Waals surface area (Å²) >= 11 is 0. The number of hydrogen-bond acceptors (Lipinski definition) is 4. The van der Waals surface area contributed by atoms with E-state index in [4.69, 9.17) is 4.99 Å². The van der Waals surface area contributed by atoms with E-state index in [1.54, 1.807) is 0 Å². The van der Waals surface area contributed by atoms with Crippen molar-refractivity contribution in [3.8, 4) is 0 Å². The molecule has 8 heteroatoms. The van der Waals surface area contributed by atoms with Gasteiger partial charge in [0.05, 0.1) is 0 Å². The molecule has 30 heavy (non-hydrogen) atoms. The lowest BCUT2D eigenvalue weighted by molar-refractivity contribution is -0.125. The third-order valence-electron chi connectivity index (χ3n) is 6.63. The molecule has 1 saturated heterocycles. The van der Waals surface area contributed by atoms with Gasteiger partial charge in [-0.2, -0.15) is 0 Å². The van der Waals surface area contributed by atoms with Crippen molar-refractivity contribution in [2.75, 3.05) is 0 Å². The van der Waals surface area contributed by atoms with Crippen molar-refractivity contribution in [2.45, 2.75) is 109 Å².